The van der Waals surface area contributed by atoms with E-state index < -0.39 is 0 Å². The molecule has 3 aromatic rings. The smallest absolute Gasteiger partial charge is 0.264 e. The van der Waals surface area contributed by atoms with Crippen LogP contribution in [-0.4, -0.2) is 30.1 Å². The predicted octanol–water partition coefficient (Wildman–Crippen LogP) is 2.64. The topological polar surface area (TPSA) is 99.7 Å². The molecular formula is C16H18N6O2. The Morgan fingerprint density at radius 2 is 1.83 bits per heavy atom. The Morgan fingerprint density at radius 1 is 1.08 bits per heavy atom. The molecule has 3 rings (SSSR count). The molecule has 0 fully saturated rings. The van der Waals surface area contributed by atoms with Gasteiger partial charge in [-0.2, -0.15) is 4.98 Å². The molecule has 3 heterocycles. The molecule has 0 amide bonds. The first-order chi connectivity index (χ1) is 11.5. The lowest BCUT2D eigenvalue weighted by atomic mass is 10.2. The third-order valence-electron chi connectivity index (χ3n) is 3.34. The number of nitrogens with zero attached hydrogens (tertiary/aromatic N) is 6. The molecule has 0 spiro atoms. The number of aromatic nitrogens is 6. The van der Waals surface area contributed by atoms with E-state index in [2.05, 4.69) is 43.9 Å². The monoisotopic (exact) mass is 326 g/mol. The lowest BCUT2D eigenvalue weighted by Gasteiger charge is -2.12. The Labute approximate surface area is 139 Å². The summed E-state index contributed by atoms with van der Waals surface area (Å²) in [7, 11) is 0. The Morgan fingerprint density at radius 3 is 2.46 bits per heavy atom. The first-order valence-electron chi connectivity index (χ1n) is 7.61. The molecule has 0 aliphatic rings. The van der Waals surface area contributed by atoms with Gasteiger partial charge in [0.1, 0.15) is 11.5 Å². The van der Waals surface area contributed by atoms with Crippen molar-refractivity contribution in [1.29, 1.82) is 0 Å². The van der Waals surface area contributed by atoms with E-state index in [1.54, 1.807) is 18.6 Å². The molecular weight excluding hydrogens is 308 g/mol. The number of hydrogen-bond acceptors (Lipinski definition) is 8. The molecule has 0 saturated heterocycles. The molecule has 0 atom stereocenters. The molecule has 24 heavy (non-hydrogen) atoms. The second-order valence-electron chi connectivity index (χ2n) is 5.63. The van der Waals surface area contributed by atoms with Crippen LogP contribution < -0.4 is 4.74 Å². The molecule has 0 N–H and O–H groups in total. The van der Waals surface area contributed by atoms with Crippen LogP contribution in [0.1, 0.15) is 42.9 Å². The van der Waals surface area contributed by atoms with Crippen LogP contribution in [0.15, 0.2) is 23.1 Å². The second-order valence-corrected chi connectivity index (χ2v) is 5.63. The summed E-state index contributed by atoms with van der Waals surface area (Å²) in [4.78, 5) is 21.3. The van der Waals surface area contributed by atoms with E-state index in [1.165, 1.54) is 0 Å². The first-order valence-corrected chi connectivity index (χ1v) is 7.61. The van der Waals surface area contributed by atoms with Gasteiger partial charge in [0, 0.05) is 18.3 Å². The van der Waals surface area contributed by atoms with Crippen LogP contribution in [0.3, 0.4) is 0 Å². The summed E-state index contributed by atoms with van der Waals surface area (Å²) >= 11 is 0. The van der Waals surface area contributed by atoms with Crippen molar-refractivity contribution in [3.8, 4) is 17.3 Å². The average Bonchev–Trinajstić information content (AvgIpc) is 3.03. The summed E-state index contributed by atoms with van der Waals surface area (Å²) in [6.07, 6.45) is 4.73. The van der Waals surface area contributed by atoms with Crippen molar-refractivity contribution < 1.29 is 9.26 Å². The van der Waals surface area contributed by atoms with Crippen LogP contribution in [0.4, 0.5) is 0 Å². The van der Waals surface area contributed by atoms with Gasteiger partial charge in [0.25, 0.3) is 5.89 Å². The lowest BCUT2D eigenvalue weighted by molar-refractivity contribution is 0.238. The number of aryl methyl sites for hydroxylation is 2. The molecule has 0 aliphatic heterocycles. The fourth-order valence-corrected chi connectivity index (χ4v) is 2.17. The van der Waals surface area contributed by atoms with Crippen molar-refractivity contribution in [3.05, 3.63) is 41.7 Å². The van der Waals surface area contributed by atoms with Crippen LogP contribution >= 0.6 is 0 Å². The zero-order valence-electron chi connectivity index (χ0n) is 14.0. The van der Waals surface area contributed by atoms with Crippen LogP contribution in [0.25, 0.3) is 11.5 Å². The van der Waals surface area contributed by atoms with E-state index in [1.807, 2.05) is 13.8 Å². The maximum absolute atomic E-state index is 5.78. The van der Waals surface area contributed by atoms with Gasteiger partial charge < -0.3 is 9.26 Å². The van der Waals surface area contributed by atoms with Gasteiger partial charge >= 0.3 is 0 Å². The van der Waals surface area contributed by atoms with Gasteiger partial charge in [-0.05, 0) is 13.8 Å². The Balaban J connectivity index is 1.74. The maximum Gasteiger partial charge on any atom is 0.264 e. The van der Waals surface area contributed by atoms with E-state index in [9.17, 15) is 0 Å². The third kappa shape index (κ3) is 3.37. The van der Waals surface area contributed by atoms with Crippen LogP contribution in [0.2, 0.25) is 0 Å². The molecule has 0 saturated carbocycles. The molecule has 0 radical (unpaired) electrons. The van der Waals surface area contributed by atoms with E-state index in [-0.39, 0.29) is 12.5 Å². The normalized spacial score (nSPS) is 11.0. The molecule has 8 heteroatoms. The summed E-state index contributed by atoms with van der Waals surface area (Å²) in [5.41, 5.74) is 2.13. The van der Waals surface area contributed by atoms with Gasteiger partial charge in [0.2, 0.25) is 5.82 Å². The van der Waals surface area contributed by atoms with Crippen LogP contribution in [0, 0.1) is 13.8 Å². The number of ether oxygens (including phenoxy) is 1. The predicted molar refractivity (Wildman–Crippen MR) is 85.3 cm³/mol. The van der Waals surface area contributed by atoms with E-state index in [0.29, 0.717) is 23.2 Å². The van der Waals surface area contributed by atoms with Crippen LogP contribution in [-0.2, 0) is 6.61 Å². The molecule has 0 unspecified atom stereocenters. The Kier molecular flexibility index (Phi) is 4.45. The van der Waals surface area contributed by atoms with Crippen molar-refractivity contribution >= 4 is 0 Å². The van der Waals surface area contributed by atoms with Crippen LogP contribution in [0.5, 0.6) is 5.75 Å². The van der Waals surface area contributed by atoms with Gasteiger partial charge in [0.15, 0.2) is 12.4 Å². The van der Waals surface area contributed by atoms with Gasteiger partial charge in [-0.15, -0.1) is 0 Å². The lowest BCUT2D eigenvalue weighted by Crippen LogP contribution is -2.06. The zero-order chi connectivity index (χ0) is 17.1. The molecule has 0 aliphatic carbocycles. The summed E-state index contributed by atoms with van der Waals surface area (Å²) in [5.74, 6) is 2.43. The van der Waals surface area contributed by atoms with Gasteiger partial charge in [-0.25, -0.2) is 15.0 Å². The highest BCUT2D eigenvalue weighted by atomic mass is 16.5. The van der Waals surface area contributed by atoms with Crippen molar-refractivity contribution in [2.45, 2.75) is 40.2 Å². The third-order valence-corrected chi connectivity index (χ3v) is 3.34. The SMILES string of the molecule is Cc1nc(C(C)C)nc(C)c1OCc1nc(-c2cnccn2)no1. The highest BCUT2D eigenvalue weighted by Gasteiger charge is 2.15. The highest BCUT2D eigenvalue weighted by Crippen LogP contribution is 2.23. The quantitative estimate of drug-likeness (QED) is 0.705. The Hall–Kier alpha value is -2.90. The number of rotatable bonds is 5. The van der Waals surface area contributed by atoms with Crippen molar-refractivity contribution in [2.75, 3.05) is 0 Å². The fourth-order valence-electron chi connectivity index (χ4n) is 2.17. The maximum atomic E-state index is 5.78. The molecule has 8 nitrogen and oxygen atoms in total. The second kappa shape index (κ2) is 6.69. The van der Waals surface area contributed by atoms with Gasteiger partial charge in [-0.3, -0.25) is 4.98 Å². The minimum atomic E-state index is 0.138. The molecule has 0 bridgehead atoms. The summed E-state index contributed by atoms with van der Waals surface area (Å²) < 4.78 is 11.0. The van der Waals surface area contributed by atoms with Gasteiger partial charge in [-0.1, -0.05) is 19.0 Å². The van der Waals surface area contributed by atoms with E-state index in [0.717, 1.165) is 17.2 Å². The molecule has 0 aromatic carbocycles. The summed E-state index contributed by atoms with van der Waals surface area (Å²) in [6.45, 7) is 8.05. The zero-order valence-corrected chi connectivity index (χ0v) is 14.0. The fraction of sp³-hybridized carbons (Fsp3) is 0.375. The average molecular weight is 326 g/mol. The van der Waals surface area contributed by atoms with E-state index >= 15 is 0 Å². The first kappa shape index (κ1) is 16.0. The summed E-state index contributed by atoms with van der Waals surface area (Å²) in [6, 6.07) is 0. The van der Waals surface area contributed by atoms with Crippen molar-refractivity contribution in [1.82, 2.24) is 30.1 Å². The standard InChI is InChI=1S/C16H18N6O2/c1-9(2)15-19-10(3)14(11(4)20-15)23-8-13-21-16(22-24-13)12-7-17-5-6-18-12/h5-7,9H,8H2,1-4H3. The minimum Gasteiger partial charge on any atom is -0.480 e. The van der Waals surface area contributed by atoms with Crippen molar-refractivity contribution in [3.63, 3.8) is 0 Å². The molecule has 3 aromatic heterocycles. The largest absolute Gasteiger partial charge is 0.480 e. The van der Waals surface area contributed by atoms with E-state index in [4.69, 9.17) is 9.26 Å². The Bertz CT molecular complexity index is 809. The molecule has 124 valence electrons. The van der Waals surface area contributed by atoms with Crippen molar-refractivity contribution in [2.24, 2.45) is 0 Å². The summed E-state index contributed by atoms with van der Waals surface area (Å²) in [5, 5.41) is 3.88. The number of hydrogen-bond donors (Lipinski definition) is 0. The van der Waals surface area contributed by atoms with Gasteiger partial charge in [0.05, 0.1) is 17.6 Å². The minimum absolute atomic E-state index is 0.138. The highest BCUT2D eigenvalue weighted by molar-refractivity contribution is 5.45.